The van der Waals surface area contributed by atoms with Gasteiger partial charge in [0, 0.05) is 42.0 Å². The fraction of sp³-hybridized carbons (Fsp3) is 0.300. The third-order valence-electron chi connectivity index (χ3n) is 4.99. The standard InChI is InChI=1S/C20H20N4O3/c1-12-21-17(10-19(26)22-12)13-5-4-8-24(11-13)20(27)15-9-18(25)23-16-7-3-2-6-14(15)16/h2-3,6-7,9-10,13H,4-5,8,11H2,1H3,(H,23,25)(H,21,22,26)/t13-/m1/s1. The third kappa shape index (κ3) is 3.40. The van der Waals surface area contributed by atoms with Gasteiger partial charge in [0.25, 0.3) is 11.5 Å². The molecule has 1 aromatic carbocycles. The Morgan fingerprint density at radius 1 is 1.15 bits per heavy atom. The zero-order valence-electron chi connectivity index (χ0n) is 15.0. The minimum atomic E-state index is -0.294. The first-order valence-electron chi connectivity index (χ1n) is 9.00. The summed E-state index contributed by atoms with van der Waals surface area (Å²) in [6.45, 7) is 2.85. The highest BCUT2D eigenvalue weighted by atomic mass is 16.2. The van der Waals surface area contributed by atoms with Crippen LogP contribution in [0.5, 0.6) is 0 Å². The van der Waals surface area contributed by atoms with Crippen LogP contribution in [0.4, 0.5) is 0 Å². The smallest absolute Gasteiger partial charge is 0.254 e. The molecule has 1 aliphatic heterocycles. The molecule has 138 valence electrons. The summed E-state index contributed by atoms with van der Waals surface area (Å²) in [7, 11) is 0. The number of H-pyrrole nitrogens is 2. The quantitative estimate of drug-likeness (QED) is 0.726. The Morgan fingerprint density at radius 2 is 1.93 bits per heavy atom. The molecule has 1 amide bonds. The Morgan fingerprint density at radius 3 is 2.74 bits per heavy atom. The maximum Gasteiger partial charge on any atom is 0.254 e. The molecule has 0 spiro atoms. The van der Waals surface area contributed by atoms with Gasteiger partial charge < -0.3 is 14.9 Å². The van der Waals surface area contributed by atoms with Gasteiger partial charge in [-0.1, -0.05) is 18.2 Å². The lowest BCUT2D eigenvalue weighted by atomic mass is 9.93. The second-order valence-electron chi connectivity index (χ2n) is 6.94. The second kappa shape index (κ2) is 6.83. The van der Waals surface area contributed by atoms with Gasteiger partial charge in [-0.15, -0.1) is 0 Å². The maximum absolute atomic E-state index is 13.2. The predicted molar refractivity (Wildman–Crippen MR) is 102 cm³/mol. The van der Waals surface area contributed by atoms with E-state index in [1.807, 2.05) is 18.2 Å². The van der Waals surface area contributed by atoms with Crippen LogP contribution < -0.4 is 11.1 Å². The lowest BCUT2D eigenvalue weighted by Gasteiger charge is -2.32. The number of amides is 1. The van der Waals surface area contributed by atoms with Gasteiger partial charge in [0.05, 0.1) is 11.3 Å². The molecule has 2 aromatic heterocycles. The molecule has 7 heteroatoms. The van der Waals surface area contributed by atoms with Gasteiger partial charge in [-0.25, -0.2) is 4.98 Å². The van der Waals surface area contributed by atoms with E-state index >= 15 is 0 Å². The number of likely N-dealkylation sites (tertiary alicyclic amines) is 1. The Bertz CT molecular complexity index is 1130. The van der Waals surface area contributed by atoms with Crippen molar-refractivity contribution in [2.45, 2.75) is 25.7 Å². The summed E-state index contributed by atoms with van der Waals surface area (Å²) in [6, 6.07) is 10.2. The molecular weight excluding hydrogens is 344 g/mol. The minimum Gasteiger partial charge on any atom is -0.338 e. The molecule has 1 aliphatic rings. The summed E-state index contributed by atoms with van der Waals surface area (Å²) < 4.78 is 0. The number of nitrogens with one attached hydrogen (secondary N) is 2. The van der Waals surface area contributed by atoms with Crippen molar-refractivity contribution in [1.82, 2.24) is 19.9 Å². The Hall–Kier alpha value is -3.22. The number of carbonyl (C=O) groups excluding carboxylic acids is 1. The van der Waals surface area contributed by atoms with E-state index in [1.54, 1.807) is 17.9 Å². The number of hydrogen-bond donors (Lipinski definition) is 2. The van der Waals surface area contributed by atoms with E-state index in [4.69, 9.17) is 0 Å². The van der Waals surface area contributed by atoms with Gasteiger partial charge in [-0.05, 0) is 25.8 Å². The van der Waals surface area contributed by atoms with Gasteiger partial charge in [-0.2, -0.15) is 0 Å². The van der Waals surface area contributed by atoms with E-state index in [-0.39, 0.29) is 22.9 Å². The molecule has 1 atom stereocenters. The summed E-state index contributed by atoms with van der Waals surface area (Å²) in [6.07, 6.45) is 1.70. The summed E-state index contributed by atoms with van der Waals surface area (Å²) in [4.78, 5) is 48.5. The van der Waals surface area contributed by atoms with E-state index in [0.29, 0.717) is 35.7 Å². The van der Waals surface area contributed by atoms with Crippen molar-refractivity contribution < 1.29 is 4.79 Å². The SMILES string of the molecule is Cc1nc([C@@H]2CCCN(C(=O)c3cc(=O)[nH]c4ccccc34)C2)cc(=O)[nH]1. The first kappa shape index (κ1) is 17.2. The van der Waals surface area contributed by atoms with Crippen molar-refractivity contribution in [2.24, 2.45) is 0 Å². The number of aromatic amines is 2. The van der Waals surface area contributed by atoms with Crippen molar-refractivity contribution in [2.75, 3.05) is 13.1 Å². The molecule has 0 bridgehead atoms. The highest BCUT2D eigenvalue weighted by Gasteiger charge is 2.27. The molecule has 4 rings (SSSR count). The molecule has 7 nitrogen and oxygen atoms in total. The number of benzene rings is 1. The van der Waals surface area contributed by atoms with Gasteiger partial charge in [-0.3, -0.25) is 14.4 Å². The average Bonchev–Trinajstić information content (AvgIpc) is 2.66. The fourth-order valence-corrected chi connectivity index (χ4v) is 3.77. The van der Waals surface area contributed by atoms with Gasteiger partial charge in [0.15, 0.2) is 0 Å². The van der Waals surface area contributed by atoms with Crippen LogP contribution in [0.15, 0.2) is 46.0 Å². The zero-order valence-corrected chi connectivity index (χ0v) is 15.0. The first-order valence-corrected chi connectivity index (χ1v) is 9.00. The number of rotatable bonds is 2. The van der Waals surface area contributed by atoms with Crippen LogP contribution in [0.1, 0.15) is 40.6 Å². The van der Waals surface area contributed by atoms with Crippen LogP contribution in [0.3, 0.4) is 0 Å². The Labute approximate surface area is 155 Å². The molecule has 0 radical (unpaired) electrons. The number of aryl methyl sites for hydroxylation is 1. The molecule has 0 unspecified atom stereocenters. The van der Waals surface area contributed by atoms with Gasteiger partial charge >= 0.3 is 0 Å². The topological polar surface area (TPSA) is 98.9 Å². The second-order valence-corrected chi connectivity index (χ2v) is 6.94. The molecule has 1 fully saturated rings. The number of hydrogen-bond acceptors (Lipinski definition) is 4. The van der Waals surface area contributed by atoms with Crippen LogP contribution >= 0.6 is 0 Å². The van der Waals surface area contributed by atoms with E-state index in [1.165, 1.54) is 12.1 Å². The van der Waals surface area contributed by atoms with Crippen molar-refractivity contribution in [1.29, 1.82) is 0 Å². The summed E-state index contributed by atoms with van der Waals surface area (Å²) in [5.41, 5.74) is 1.29. The number of nitrogens with zero attached hydrogens (tertiary/aromatic N) is 2. The largest absolute Gasteiger partial charge is 0.338 e. The number of fused-ring (bicyclic) bond motifs is 1. The molecule has 3 aromatic rings. The average molecular weight is 364 g/mol. The van der Waals surface area contributed by atoms with Crippen molar-refractivity contribution in [3.63, 3.8) is 0 Å². The van der Waals surface area contributed by atoms with Crippen LogP contribution in [0, 0.1) is 6.92 Å². The Kier molecular flexibility index (Phi) is 4.35. The normalized spacial score (nSPS) is 17.2. The van der Waals surface area contributed by atoms with Crippen LogP contribution in [0.25, 0.3) is 10.9 Å². The lowest BCUT2D eigenvalue weighted by molar-refractivity contribution is 0.0707. The third-order valence-corrected chi connectivity index (χ3v) is 4.99. The predicted octanol–water partition coefficient (Wildman–Crippen LogP) is 1.94. The minimum absolute atomic E-state index is 0.0111. The molecule has 1 saturated heterocycles. The summed E-state index contributed by atoms with van der Waals surface area (Å²) in [5, 5.41) is 0.731. The first-order chi connectivity index (χ1) is 13.0. The lowest BCUT2D eigenvalue weighted by Crippen LogP contribution is -2.40. The molecular formula is C20H20N4O3. The van der Waals surface area contributed by atoms with Gasteiger partial charge in [0.2, 0.25) is 5.56 Å². The van der Waals surface area contributed by atoms with E-state index < -0.39 is 0 Å². The van der Waals surface area contributed by atoms with Crippen LogP contribution in [-0.2, 0) is 0 Å². The molecule has 0 saturated carbocycles. The summed E-state index contributed by atoms with van der Waals surface area (Å²) >= 11 is 0. The van der Waals surface area contributed by atoms with E-state index in [0.717, 1.165) is 18.2 Å². The number of carbonyl (C=O) groups is 1. The highest BCUT2D eigenvalue weighted by Crippen LogP contribution is 2.27. The Balaban J connectivity index is 1.67. The van der Waals surface area contributed by atoms with Crippen LogP contribution in [0.2, 0.25) is 0 Å². The van der Waals surface area contributed by atoms with E-state index in [9.17, 15) is 14.4 Å². The van der Waals surface area contributed by atoms with E-state index in [2.05, 4.69) is 15.0 Å². The number of aromatic nitrogens is 3. The van der Waals surface area contributed by atoms with Gasteiger partial charge in [0.1, 0.15) is 5.82 Å². The van der Waals surface area contributed by atoms with Crippen molar-refractivity contribution in [3.05, 3.63) is 74.2 Å². The van der Waals surface area contributed by atoms with Crippen LogP contribution in [-0.4, -0.2) is 38.8 Å². The molecule has 2 N–H and O–H groups in total. The number of pyridine rings is 1. The zero-order chi connectivity index (χ0) is 19.0. The monoisotopic (exact) mass is 364 g/mol. The number of piperidine rings is 1. The maximum atomic E-state index is 13.2. The van der Waals surface area contributed by atoms with Crippen molar-refractivity contribution >= 4 is 16.8 Å². The molecule has 0 aliphatic carbocycles. The fourth-order valence-electron chi connectivity index (χ4n) is 3.77. The molecule has 3 heterocycles. The molecule has 27 heavy (non-hydrogen) atoms. The summed E-state index contributed by atoms with van der Waals surface area (Å²) in [5.74, 6) is 0.419. The number of para-hydroxylation sites is 1. The van der Waals surface area contributed by atoms with Crippen molar-refractivity contribution in [3.8, 4) is 0 Å². The highest BCUT2D eigenvalue weighted by molar-refractivity contribution is 6.06.